The summed E-state index contributed by atoms with van der Waals surface area (Å²) >= 11 is 0. The molecule has 1 amide bonds. The Bertz CT molecular complexity index is 358. The zero-order chi connectivity index (χ0) is 10.8. The Morgan fingerprint density at radius 1 is 1.40 bits per heavy atom. The topological polar surface area (TPSA) is 29.5 Å². The van der Waals surface area contributed by atoms with E-state index in [-0.39, 0.29) is 12.1 Å². The van der Waals surface area contributed by atoms with Crippen LogP contribution in [0.25, 0.3) is 0 Å². The molecule has 1 aliphatic heterocycles. The van der Waals surface area contributed by atoms with Gasteiger partial charge in [-0.2, -0.15) is 0 Å². The molecule has 0 radical (unpaired) electrons. The van der Waals surface area contributed by atoms with Crippen LogP contribution in [0.4, 0.5) is 4.79 Å². The van der Waals surface area contributed by atoms with Gasteiger partial charge in [0.2, 0.25) is 0 Å². The molecule has 1 fully saturated rings. The van der Waals surface area contributed by atoms with E-state index in [2.05, 4.69) is 31.2 Å². The molecule has 15 heavy (non-hydrogen) atoms. The maximum absolute atomic E-state index is 11.4. The molecule has 0 aromatic heterocycles. The number of benzene rings is 1. The number of ether oxygens (including phenoxy) is 1. The van der Waals surface area contributed by atoms with Gasteiger partial charge in [-0.3, -0.25) is 4.90 Å². The summed E-state index contributed by atoms with van der Waals surface area (Å²) in [4.78, 5) is 13.1. The van der Waals surface area contributed by atoms with Crippen LogP contribution in [0, 0.1) is 6.92 Å². The van der Waals surface area contributed by atoms with Gasteiger partial charge in [0.15, 0.2) is 0 Å². The van der Waals surface area contributed by atoms with E-state index in [0.29, 0.717) is 13.2 Å². The maximum atomic E-state index is 11.4. The van der Waals surface area contributed by atoms with Crippen molar-refractivity contribution in [2.75, 3.05) is 13.2 Å². The Balaban J connectivity index is 2.23. The minimum absolute atomic E-state index is 0.0862. The van der Waals surface area contributed by atoms with E-state index in [1.165, 1.54) is 5.56 Å². The molecular weight excluding hydrogens is 190 g/mol. The highest BCUT2D eigenvalue weighted by Gasteiger charge is 2.32. The first kappa shape index (κ1) is 10.0. The van der Waals surface area contributed by atoms with Crippen molar-refractivity contribution in [3.8, 4) is 0 Å². The summed E-state index contributed by atoms with van der Waals surface area (Å²) in [5, 5.41) is 0. The standard InChI is InChI=1S/C12H15NO2/c1-3-13-11(8-15-12(13)14)10-6-4-9(2)5-7-10/h4-7,11H,3,8H2,1-2H3. The molecule has 0 N–H and O–H groups in total. The quantitative estimate of drug-likeness (QED) is 0.742. The SMILES string of the molecule is CCN1C(=O)OCC1c1ccc(C)cc1. The molecule has 0 saturated carbocycles. The minimum Gasteiger partial charge on any atom is -0.447 e. The van der Waals surface area contributed by atoms with Crippen molar-refractivity contribution in [1.82, 2.24) is 4.90 Å². The third-order valence-corrected chi connectivity index (χ3v) is 2.78. The van der Waals surface area contributed by atoms with Gasteiger partial charge in [-0.25, -0.2) is 4.79 Å². The number of cyclic esters (lactones) is 1. The van der Waals surface area contributed by atoms with Crippen LogP contribution in [0.3, 0.4) is 0 Å². The number of nitrogens with zero attached hydrogens (tertiary/aromatic N) is 1. The number of likely N-dealkylation sites (N-methyl/N-ethyl adjacent to an activating group) is 1. The van der Waals surface area contributed by atoms with Crippen LogP contribution < -0.4 is 0 Å². The Labute approximate surface area is 89.7 Å². The second-order valence-electron chi connectivity index (χ2n) is 3.79. The second kappa shape index (κ2) is 3.93. The lowest BCUT2D eigenvalue weighted by Gasteiger charge is -2.19. The number of hydrogen-bond donors (Lipinski definition) is 0. The zero-order valence-corrected chi connectivity index (χ0v) is 9.06. The first-order valence-electron chi connectivity index (χ1n) is 5.22. The lowest BCUT2D eigenvalue weighted by molar-refractivity contribution is 0.159. The minimum atomic E-state index is -0.205. The first-order chi connectivity index (χ1) is 7.22. The fourth-order valence-electron chi connectivity index (χ4n) is 1.86. The third kappa shape index (κ3) is 1.82. The fourth-order valence-corrected chi connectivity index (χ4v) is 1.86. The van der Waals surface area contributed by atoms with Crippen LogP contribution in [-0.2, 0) is 4.74 Å². The zero-order valence-electron chi connectivity index (χ0n) is 9.06. The molecule has 0 aliphatic carbocycles. The van der Waals surface area contributed by atoms with Crippen molar-refractivity contribution in [3.05, 3.63) is 35.4 Å². The highest BCUT2D eigenvalue weighted by atomic mass is 16.6. The van der Waals surface area contributed by atoms with E-state index >= 15 is 0 Å². The number of hydrogen-bond acceptors (Lipinski definition) is 2. The molecule has 3 heteroatoms. The van der Waals surface area contributed by atoms with Gasteiger partial charge >= 0.3 is 6.09 Å². The highest BCUT2D eigenvalue weighted by Crippen LogP contribution is 2.27. The molecule has 1 aromatic carbocycles. The van der Waals surface area contributed by atoms with Crippen LogP contribution in [0.15, 0.2) is 24.3 Å². The van der Waals surface area contributed by atoms with Crippen molar-refractivity contribution in [3.63, 3.8) is 0 Å². The maximum Gasteiger partial charge on any atom is 0.410 e. The van der Waals surface area contributed by atoms with Crippen LogP contribution in [-0.4, -0.2) is 24.1 Å². The summed E-state index contributed by atoms with van der Waals surface area (Å²) in [6, 6.07) is 8.33. The van der Waals surface area contributed by atoms with Gasteiger partial charge in [0.1, 0.15) is 6.61 Å². The van der Waals surface area contributed by atoms with Gasteiger partial charge in [0, 0.05) is 6.54 Å². The Hall–Kier alpha value is -1.51. The van der Waals surface area contributed by atoms with E-state index in [0.717, 1.165) is 5.56 Å². The summed E-state index contributed by atoms with van der Waals surface area (Å²) < 4.78 is 5.04. The molecule has 2 rings (SSSR count). The van der Waals surface area contributed by atoms with Crippen LogP contribution in [0.1, 0.15) is 24.1 Å². The average molecular weight is 205 g/mol. The Morgan fingerprint density at radius 3 is 2.67 bits per heavy atom. The Kier molecular flexibility index (Phi) is 2.62. The normalized spacial score (nSPS) is 20.5. The van der Waals surface area contributed by atoms with Crippen molar-refractivity contribution in [2.24, 2.45) is 0 Å². The number of aryl methyl sites for hydroxylation is 1. The number of rotatable bonds is 2. The Morgan fingerprint density at radius 2 is 2.07 bits per heavy atom. The van der Waals surface area contributed by atoms with Crippen molar-refractivity contribution in [2.45, 2.75) is 19.9 Å². The number of carbonyl (C=O) groups excluding carboxylic acids is 1. The predicted octanol–water partition coefficient (Wildman–Crippen LogP) is 2.51. The molecule has 0 spiro atoms. The first-order valence-corrected chi connectivity index (χ1v) is 5.22. The van der Waals surface area contributed by atoms with Gasteiger partial charge in [-0.15, -0.1) is 0 Å². The lowest BCUT2D eigenvalue weighted by Crippen LogP contribution is -2.27. The van der Waals surface area contributed by atoms with Gasteiger partial charge in [0.25, 0.3) is 0 Å². The highest BCUT2D eigenvalue weighted by molar-refractivity contribution is 5.70. The van der Waals surface area contributed by atoms with E-state index < -0.39 is 0 Å². The predicted molar refractivity (Wildman–Crippen MR) is 57.6 cm³/mol. The van der Waals surface area contributed by atoms with Crippen molar-refractivity contribution >= 4 is 6.09 Å². The van der Waals surface area contributed by atoms with E-state index in [1.807, 2.05) is 6.92 Å². The summed E-state index contributed by atoms with van der Waals surface area (Å²) in [7, 11) is 0. The van der Waals surface area contributed by atoms with E-state index in [9.17, 15) is 4.79 Å². The molecule has 1 aliphatic rings. The van der Waals surface area contributed by atoms with Crippen molar-refractivity contribution < 1.29 is 9.53 Å². The molecule has 3 nitrogen and oxygen atoms in total. The summed E-state index contributed by atoms with van der Waals surface area (Å²) in [5.41, 5.74) is 2.38. The molecule has 1 unspecified atom stereocenters. The van der Waals surface area contributed by atoms with Crippen LogP contribution >= 0.6 is 0 Å². The van der Waals surface area contributed by atoms with Gasteiger partial charge in [-0.1, -0.05) is 29.8 Å². The molecule has 1 saturated heterocycles. The van der Waals surface area contributed by atoms with E-state index in [1.54, 1.807) is 4.90 Å². The average Bonchev–Trinajstić information content (AvgIpc) is 2.61. The summed E-state index contributed by atoms with van der Waals surface area (Å²) in [6.07, 6.45) is -0.205. The number of carbonyl (C=O) groups is 1. The third-order valence-electron chi connectivity index (χ3n) is 2.78. The van der Waals surface area contributed by atoms with Gasteiger partial charge in [-0.05, 0) is 19.4 Å². The van der Waals surface area contributed by atoms with Crippen LogP contribution in [0.5, 0.6) is 0 Å². The molecule has 1 atom stereocenters. The molecule has 80 valence electrons. The summed E-state index contributed by atoms with van der Waals surface area (Å²) in [6.45, 7) is 5.18. The van der Waals surface area contributed by atoms with Gasteiger partial charge < -0.3 is 4.74 Å². The van der Waals surface area contributed by atoms with Gasteiger partial charge in [0.05, 0.1) is 6.04 Å². The monoisotopic (exact) mass is 205 g/mol. The van der Waals surface area contributed by atoms with Crippen LogP contribution in [0.2, 0.25) is 0 Å². The molecule has 0 bridgehead atoms. The fraction of sp³-hybridized carbons (Fsp3) is 0.417. The smallest absolute Gasteiger partial charge is 0.410 e. The molecule has 1 aromatic rings. The molecular formula is C12H15NO2. The molecule has 1 heterocycles. The second-order valence-corrected chi connectivity index (χ2v) is 3.79. The lowest BCUT2D eigenvalue weighted by atomic mass is 10.1. The van der Waals surface area contributed by atoms with E-state index in [4.69, 9.17) is 4.74 Å². The summed E-state index contributed by atoms with van der Waals surface area (Å²) in [5.74, 6) is 0. The number of amides is 1. The largest absolute Gasteiger partial charge is 0.447 e. The van der Waals surface area contributed by atoms with Crippen molar-refractivity contribution in [1.29, 1.82) is 0 Å².